The van der Waals surface area contributed by atoms with Gasteiger partial charge in [-0.15, -0.1) is 0 Å². The van der Waals surface area contributed by atoms with Crippen LogP contribution in [0.5, 0.6) is 0 Å². The van der Waals surface area contributed by atoms with Crippen molar-refractivity contribution in [3.8, 4) is 0 Å². The molecule has 2 rings (SSSR count). The minimum atomic E-state index is -0.186. The van der Waals surface area contributed by atoms with Crippen LogP contribution in [0.4, 0.5) is 10.5 Å². The van der Waals surface area contributed by atoms with Gasteiger partial charge in [0.2, 0.25) is 0 Å². The summed E-state index contributed by atoms with van der Waals surface area (Å²) in [6, 6.07) is 8.49. The molecule has 1 unspecified atom stereocenters. The summed E-state index contributed by atoms with van der Waals surface area (Å²) in [6.07, 6.45) is 5.24. The molecule has 0 saturated carbocycles. The summed E-state index contributed by atoms with van der Waals surface area (Å²) in [7, 11) is 1.80. The van der Waals surface area contributed by atoms with E-state index in [0.717, 1.165) is 36.3 Å². The summed E-state index contributed by atoms with van der Waals surface area (Å²) in [6.45, 7) is 9.99. The van der Waals surface area contributed by atoms with Gasteiger partial charge in [0.05, 0.1) is 0 Å². The molecular formula is C22H38N6O. The number of nitrogens with zero attached hydrogens (tertiary/aromatic N) is 2. The second-order valence-electron chi connectivity index (χ2n) is 7.90. The van der Waals surface area contributed by atoms with Crippen LogP contribution in [0.25, 0.3) is 0 Å². The van der Waals surface area contributed by atoms with Gasteiger partial charge in [-0.1, -0.05) is 25.5 Å². The summed E-state index contributed by atoms with van der Waals surface area (Å²) in [5.74, 6) is 0.813. The summed E-state index contributed by atoms with van der Waals surface area (Å²) in [5, 5.41) is 12.4. The summed E-state index contributed by atoms with van der Waals surface area (Å²) in [4.78, 5) is 18.7. The van der Waals surface area contributed by atoms with Crippen molar-refractivity contribution in [1.82, 2.24) is 20.9 Å². The van der Waals surface area contributed by atoms with Gasteiger partial charge in [-0.05, 0) is 57.4 Å². The van der Waals surface area contributed by atoms with Crippen molar-refractivity contribution in [2.75, 3.05) is 32.0 Å². The van der Waals surface area contributed by atoms with E-state index in [1.54, 1.807) is 7.05 Å². The maximum Gasteiger partial charge on any atom is 0.319 e. The third-order valence-corrected chi connectivity index (χ3v) is 5.23. The van der Waals surface area contributed by atoms with Crippen LogP contribution in [0.2, 0.25) is 0 Å². The Balaban J connectivity index is 1.72. The molecule has 29 heavy (non-hydrogen) atoms. The topological polar surface area (TPSA) is 80.8 Å². The fourth-order valence-electron chi connectivity index (χ4n) is 3.68. The highest BCUT2D eigenvalue weighted by molar-refractivity contribution is 5.89. The Kier molecular flexibility index (Phi) is 9.77. The van der Waals surface area contributed by atoms with Crippen molar-refractivity contribution in [2.24, 2.45) is 4.99 Å². The number of nitrogens with one attached hydrogen (secondary N) is 4. The Hall–Kier alpha value is -2.28. The van der Waals surface area contributed by atoms with Crippen LogP contribution < -0.4 is 21.3 Å². The number of guanidine groups is 1. The van der Waals surface area contributed by atoms with E-state index in [4.69, 9.17) is 0 Å². The Bertz CT molecular complexity index is 643. The third kappa shape index (κ3) is 8.31. The first kappa shape index (κ1) is 23.0. The smallest absolute Gasteiger partial charge is 0.319 e. The summed E-state index contributed by atoms with van der Waals surface area (Å²) >= 11 is 0. The number of benzene rings is 1. The van der Waals surface area contributed by atoms with Crippen LogP contribution in [0.15, 0.2) is 29.3 Å². The monoisotopic (exact) mass is 402 g/mol. The standard InChI is InChI=1S/C22H38N6O/c1-5-20-8-6-7-14-28(20)15-13-24-21(23-4)25-16-18-9-11-19(12-10-18)27-22(29)26-17(2)3/h9-12,17,20H,5-8,13-16H2,1-4H3,(H2,23,24,25)(H2,26,27,29). The molecule has 2 amide bonds. The number of hydrogen-bond acceptors (Lipinski definition) is 3. The number of likely N-dealkylation sites (tertiary alicyclic amines) is 1. The molecule has 7 nitrogen and oxygen atoms in total. The van der Waals surface area contributed by atoms with E-state index in [-0.39, 0.29) is 12.1 Å². The lowest BCUT2D eigenvalue weighted by Gasteiger charge is -2.35. The Morgan fingerprint density at radius 2 is 1.97 bits per heavy atom. The fraction of sp³-hybridized carbons (Fsp3) is 0.636. The maximum absolute atomic E-state index is 11.8. The molecule has 162 valence electrons. The van der Waals surface area contributed by atoms with E-state index in [1.165, 1.54) is 32.2 Å². The van der Waals surface area contributed by atoms with Crippen molar-refractivity contribution >= 4 is 17.7 Å². The molecule has 0 radical (unpaired) electrons. The molecule has 7 heteroatoms. The highest BCUT2D eigenvalue weighted by Crippen LogP contribution is 2.18. The van der Waals surface area contributed by atoms with Crippen molar-refractivity contribution in [3.05, 3.63) is 29.8 Å². The van der Waals surface area contributed by atoms with Gasteiger partial charge in [-0.3, -0.25) is 9.89 Å². The van der Waals surface area contributed by atoms with Crippen LogP contribution in [-0.4, -0.2) is 55.7 Å². The zero-order chi connectivity index (χ0) is 21.1. The zero-order valence-corrected chi connectivity index (χ0v) is 18.4. The number of carbonyl (C=O) groups is 1. The first-order chi connectivity index (χ1) is 14.0. The molecule has 1 aliphatic rings. The molecule has 0 aliphatic carbocycles. The number of carbonyl (C=O) groups excluding carboxylic acids is 1. The minimum Gasteiger partial charge on any atom is -0.355 e. The van der Waals surface area contributed by atoms with Crippen LogP contribution in [-0.2, 0) is 6.54 Å². The molecule has 0 aromatic heterocycles. The van der Waals surface area contributed by atoms with Crippen LogP contribution >= 0.6 is 0 Å². The van der Waals surface area contributed by atoms with Crippen molar-refractivity contribution in [1.29, 1.82) is 0 Å². The SMILES string of the molecule is CCC1CCCCN1CCNC(=NC)NCc1ccc(NC(=O)NC(C)C)cc1. The predicted octanol–water partition coefficient (Wildman–Crippen LogP) is 3.15. The molecule has 4 N–H and O–H groups in total. The molecule has 1 aliphatic heterocycles. The van der Waals surface area contributed by atoms with Gasteiger partial charge in [-0.25, -0.2) is 4.79 Å². The van der Waals surface area contributed by atoms with E-state index in [1.807, 2.05) is 38.1 Å². The number of piperidine rings is 1. The fourth-order valence-corrected chi connectivity index (χ4v) is 3.68. The average Bonchev–Trinajstić information content (AvgIpc) is 2.71. The number of aliphatic imine (C=N–C) groups is 1. The van der Waals surface area contributed by atoms with E-state index in [9.17, 15) is 4.79 Å². The number of anilines is 1. The second-order valence-corrected chi connectivity index (χ2v) is 7.90. The van der Waals surface area contributed by atoms with Crippen molar-refractivity contribution < 1.29 is 4.79 Å². The second kappa shape index (κ2) is 12.3. The lowest BCUT2D eigenvalue weighted by atomic mass is 10.0. The Morgan fingerprint density at radius 1 is 1.21 bits per heavy atom. The molecule has 1 fully saturated rings. The molecule has 1 atom stereocenters. The van der Waals surface area contributed by atoms with E-state index in [2.05, 4.69) is 38.1 Å². The van der Waals surface area contributed by atoms with E-state index in [0.29, 0.717) is 6.54 Å². The van der Waals surface area contributed by atoms with E-state index < -0.39 is 0 Å². The summed E-state index contributed by atoms with van der Waals surface area (Å²) in [5.41, 5.74) is 1.91. The lowest BCUT2D eigenvalue weighted by Crippen LogP contribution is -2.45. The Labute approximate surface area is 175 Å². The van der Waals surface area contributed by atoms with Crippen LogP contribution in [0, 0.1) is 0 Å². The predicted molar refractivity (Wildman–Crippen MR) is 121 cm³/mol. The number of hydrogen-bond donors (Lipinski definition) is 4. The van der Waals surface area contributed by atoms with Gasteiger partial charge in [0, 0.05) is 44.5 Å². The highest BCUT2D eigenvalue weighted by Gasteiger charge is 2.19. The van der Waals surface area contributed by atoms with Crippen molar-refractivity contribution in [2.45, 2.75) is 65.1 Å². The van der Waals surface area contributed by atoms with Gasteiger partial charge in [-0.2, -0.15) is 0 Å². The van der Waals surface area contributed by atoms with Gasteiger partial charge in [0.25, 0.3) is 0 Å². The molecule has 1 saturated heterocycles. The molecular weight excluding hydrogens is 364 g/mol. The third-order valence-electron chi connectivity index (χ3n) is 5.23. The molecule has 1 aromatic rings. The van der Waals surface area contributed by atoms with Crippen LogP contribution in [0.1, 0.15) is 52.0 Å². The largest absolute Gasteiger partial charge is 0.355 e. The number of amides is 2. The van der Waals surface area contributed by atoms with E-state index >= 15 is 0 Å². The number of rotatable bonds is 8. The molecule has 0 spiro atoms. The number of urea groups is 1. The van der Waals surface area contributed by atoms with Crippen LogP contribution in [0.3, 0.4) is 0 Å². The first-order valence-electron chi connectivity index (χ1n) is 10.9. The normalized spacial score (nSPS) is 17.8. The average molecular weight is 403 g/mol. The van der Waals surface area contributed by atoms with Crippen molar-refractivity contribution in [3.63, 3.8) is 0 Å². The molecule has 1 heterocycles. The highest BCUT2D eigenvalue weighted by atomic mass is 16.2. The maximum atomic E-state index is 11.8. The van der Waals surface area contributed by atoms with Gasteiger partial charge in [0.1, 0.15) is 0 Å². The van der Waals surface area contributed by atoms with Gasteiger partial charge < -0.3 is 21.3 Å². The molecule has 0 bridgehead atoms. The van der Waals surface area contributed by atoms with Gasteiger partial charge in [0.15, 0.2) is 5.96 Å². The zero-order valence-electron chi connectivity index (χ0n) is 18.4. The first-order valence-corrected chi connectivity index (χ1v) is 10.9. The summed E-state index contributed by atoms with van der Waals surface area (Å²) < 4.78 is 0. The quantitative estimate of drug-likeness (QED) is 0.398. The Morgan fingerprint density at radius 3 is 2.62 bits per heavy atom. The van der Waals surface area contributed by atoms with Gasteiger partial charge >= 0.3 is 6.03 Å². The minimum absolute atomic E-state index is 0.112. The molecule has 1 aromatic carbocycles. The lowest BCUT2D eigenvalue weighted by molar-refractivity contribution is 0.147.